The predicted molar refractivity (Wildman–Crippen MR) is 72.7 cm³/mol. The van der Waals surface area contributed by atoms with Crippen molar-refractivity contribution in [2.45, 2.75) is 12.5 Å². The number of hydrogen-bond acceptors (Lipinski definition) is 3. The first kappa shape index (κ1) is 14.0. The zero-order chi connectivity index (χ0) is 14.5. The summed E-state index contributed by atoms with van der Waals surface area (Å²) >= 11 is 0. The van der Waals surface area contributed by atoms with Crippen LogP contribution < -0.4 is 5.32 Å². The number of amides is 1. The van der Waals surface area contributed by atoms with E-state index in [-0.39, 0.29) is 12.2 Å². The van der Waals surface area contributed by atoms with Gasteiger partial charge in [-0.15, -0.1) is 0 Å². The van der Waals surface area contributed by atoms with E-state index in [1.807, 2.05) is 0 Å². The Labute approximate surface area is 115 Å². The summed E-state index contributed by atoms with van der Waals surface area (Å²) < 4.78 is 13.0. The summed E-state index contributed by atoms with van der Waals surface area (Å²) in [6, 6.07) is 11.6. The molecule has 1 amide bonds. The number of nitrogens with one attached hydrogen (secondary N) is 1. The van der Waals surface area contributed by atoms with Crippen molar-refractivity contribution in [2.24, 2.45) is 0 Å². The molecule has 0 heterocycles. The monoisotopic (exact) mass is 275 g/mol. The molecule has 0 spiro atoms. The standard InChI is InChI=1S/C15H14FNO3/c16-11-4-1-3-10(7-11)14(19)9-15(20)17-12-5-2-6-13(18)8-12/h1-8,14,18-19H,9H2,(H,17,20). The Morgan fingerprint density at radius 3 is 2.65 bits per heavy atom. The summed E-state index contributed by atoms with van der Waals surface area (Å²) in [5.74, 6) is -0.851. The number of phenols is 1. The number of halogens is 1. The van der Waals surface area contributed by atoms with Crippen LogP contribution in [0.15, 0.2) is 48.5 Å². The summed E-state index contributed by atoms with van der Waals surface area (Å²) in [5, 5.41) is 21.7. The zero-order valence-corrected chi connectivity index (χ0v) is 10.6. The highest BCUT2D eigenvalue weighted by molar-refractivity contribution is 5.91. The Balaban J connectivity index is 1.97. The van der Waals surface area contributed by atoms with E-state index in [2.05, 4.69) is 5.32 Å². The third kappa shape index (κ3) is 3.80. The van der Waals surface area contributed by atoms with Crippen LogP contribution in [0.4, 0.5) is 10.1 Å². The Kier molecular flexibility index (Phi) is 4.32. The summed E-state index contributed by atoms with van der Waals surface area (Å²) in [7, 11) is 0. The average Bonchev–Trinajstić information content (AvgIpc) is 2.38. The number of aliphatic hydroxyl groups excluding tert-OH is 1. The van der Waals surface area contributed by atoms with Crippen LogP contribution in [0.25, 0.3) is 0 Å². The van der Waals surface area contributed by atoms with E-state index in [0.717, 1.165) is 0 Å². The quantitative estimate of drug-likeness (QED) is 0.803. The number of hydrogen-bond donors (Lipinski definition) is 3. The molecule has 2 aromatic rings. The van der Waals surface area contributed by atoms with Gasteiger partial charge in [0.25, 0.3) is 0 Å². The lowest BCUT2D eigenvalue weighted by atomic mass is 10.1. The second-order valence-electron chi connectivity index (χ2n) is 4.37. The van der Waals surface area contributed by atoms with E-state index in [0.29, 0.717) is 11.3 Å². The van der Waals surface area contributed by atoms with Gasteiger partial charge in [0.1, 0.15) is 11.6 Å². The lowest BCUT2D eigenvalue weighted by Gasteiger charge is -2.11. The minimum Gasteiger partial charge on any atom is -0.508 e. The first-order valence-corrected chi connectivity index (χ1v) is 6.07. The van der Waals surface area contributed by atoms with Gasteiger partial charge in [0.2, 0.25) is 5.91 Å². The maximum Gasteiger partial charge on any atom is 0.227 e. The molecule has 0 radical (unpaired) electrons. The Hall–Kier alpha value is -2.40. The highest BCUT2D eigenvalue weighted by Crippen LogP contribution is 2.20. The van der Waals surface area contributed by atoms with Crippen molar-refractivity contribution in [3.05, 3.63) is 59.9 Å². The van der Waals surface area contributed by atoms with Gasteiger partial charge in [-0.05, 0) is 29.8 Å². The highest BCUT2D eigenvalue weighted by atomic mass is 19.1. The second kappa shape index (κ2) is 6.16. The molecule has 2 rings (SSSR count). The zero-order valence-electron chi connectivity index (χ0n) is 10.6. The van der Waals surface area contributed by atoms with E-state index in [4.69, 9.17) is 0 Å². The first-order valence-electron chi connectivity index (χ1n) is 6.07. The molecule has 1 atom stereocenters. The fourth-order valence-electron chi connectivity index (χ4n) is 1.80. The van der Waals surface area contributed by atoms with Crippen molar-refractivity contribution in [2.75, 3.05) is 5.32 Å². The molecule has 0 fully saturated rings. The molecule has 0 aromatic heterocycles. The highest BCUT2D eigenvalue weighted by Gasteiger charge is 2.13. The minimum atomic E-state index is -1.08. The normalized spacial score (nSPS) is 11.9. The number of carbonyl (C=O) groups excluding carboxylic acids is 1. The molecule has 3 N–H and O–H groups in total. The molecule has 0 saturated carbocycles. The molecule has 0 aliphatic heterocycles. The van der Waals surface area contributed by atoms with Crippen molar-refractivity contribution in [1.29, 1.82) is 0 Å². The Morgan fingerprint density at radius 2 is 1.95 bits per heavy atom. The lowest BCUT2D eigenvalue weighted by molar-refractivity contribution is -0.118. The van der Waals surface area contributed by atoms with Crippen LogP contribution in [-0.4, -0.2) is 16.1 Å². The maximum absolute atomic E-state index is 13.0. The van der Waals surface area contributed by atoms with Crippen LogP contribution >= 0.6 is 0 Å². The number of aliphatic hydroxyl groups is 1. The van der Waals surface area contributed by atoms with E-state index >= 15 is 0 Å². The van der Waals surface area contributed by atoms with Crippen molar-refractivity contribution in [1.82, 2.24) is 0 Å². The molecule has 0 bridgehead atoms. The summed E-state index contributed by atoms with van der Waals surface area (Å²) in [6.07, 6.45) is -1.28. The van der Waals surface area contributed by atoms with Gasteiger partial charge in [-0.3, -0.25) is 4.79 Å². The largest absolute Gasteiger partial charge is 0.508 e. The third-order valence-electron chi connectivity index (χ3n) is 2.74. The van der Waals surface area contributed by atoms with Gasteiger partial charge >= 0.3 is 0 Å². The minimum absolute atomic E-state index is 0.0356. The first-order chi connectivity index (χ1) is 9.54. The van der Waals surface area contributed by atoms with Gasteiger partial charge in [-0.1, -0.05) is 18.2 Å². The van der Waals surface area contributed by atoms with Crippen LogP contribution in [0.5, 0.6) is 5.75 Å². The molecule has 0 aliphatic rings. The van der Waals surface area contributed by atoms with Crippen molar-refractivity contribution < 1.29 is 19.4 Å². The molecule has 1 unspecified atom stereocenters. The number of aromatic hydroxyl groups is 1. The lowest BCUT2D eigenvalue weighted by Crippen LogP contribution is -2.15. The number of phenolic OH excluding ortho intramolecular Hbond substituents is 1. The SMILES string of the molecule is O=C(CC(O)c1cccc(F)c1)Nc1cccc(O)c1. The molecular weight excluding hydrogens is 261 g/mol. The third-order valence-corrected chi connectivity index (χ3v) is 2.74. The summed E-state index contributed by atoms with van der Waals surface area (Å²) in [4.78, 5) is 11.7. The molecule has 4 nitrogen and oxygen atoms in total. The van der Waals surface area contributed by atoms with Crippen molar-refractivity contribution in [3.63, 3.8) is 0 Å². The van der Waals surface area contributed by atoms with Gasteiger partial charge in [0.15, 0.2) is 0 Å². The van der Waals surface area contributed by atoms with Crippen LogP contribution in [0.3, 0.4) is 0 Å². The number of benzene rings is 2. The fourth-order valence-corrected chi connectivity index (χ4v) is 1.80. The molecule has 104 valence electrons. The maximum atomic E-state index is 13.0. The van der Waals surface area contributed by atoms with E-state index in [1.54, 1.807) is 18.2 Å². The number of anilines is 1. The Bertz CT molecular complexity index is 616. The van der Waals surface area contributed by atoms with Crippen molar-refractivity contribution >= 4 is 11.6 Å². The second-order valence-corrected chi connectivity index (χ2v) is 4.37. The molecule has 5 heteroatoms. The molecule has 2 aromatic carbocycles. The van der Waals surface area contributed by atoms with Gasteiger partial charge in [0.05, 0.1) is 12.5 Å². The number of rotatable bonds is 4. The van der Waals surface area contributed by atoms with Crippen LogP contribution in [0.1, 0.15) is 18.1 Å². The fraction of sp³-hybridized carbons (Fsp3) is 0.133. The van der Waals surface area contributed by atoms with Crippen LogP contribution in [-0.2, 0) is 4.79 Å². The van der Waals surface area contributed by atoms with E-state index in [1.165, 1.54) is 30.3 Å². The Morgan fingerprint density at radius 1 is 1.20 bits per heavy atom. The van der Waals surface area contributed by atoms with Gasteiger partial charge < -0.3 is 15.5 Å². The van der Waals surface area contributed by atoms with Crippen LogP contribution in [0, 0.1) is 5.82 Å². The van der Waals surface area contributed by atoms with E-state index < -0.39 is 17.8 Å². The van der Waals surface area contributed by atoms with Gasteiger partial charge in [-0.25, -0.2) is 4.39 Å². The smallest absolute Gasteiger partial charge is 0.227 e. The topological polar surface area (TPSA) is 69.6 Å². The summed E-state index contributed by atoms with van der Waals surface area (Å²) in [6.45, 7) is 0. The van der Waals surface area contributed by atoms with E-state index in [9.17, 15) is 19.4 Å². The molecule has 0 saturated heterocycles. The average molecular weight is 275 g/mol. The van der Waals surface area contributed by atoms with Gasteiger partial charge in [-0.2, -0.15) is 0 Å². The molecule has 20 heavy (non-hydrogen) atoms. The molecular formula is C15H14FNO3. The predicted octanol–water partition coefficient (Wildman–Crippen LogP) is 2.59. The van der Waals surface area contributed by atoms with Gasteiger partial charge in [0, 0.05) is 11.8 Å². The summed E-state index contributed by atoms with van der Waals surface area (Å²) in [5.41, 5.74) is 0.775. The number of carbonyl (C=O) groups is 1. The van der Waals surface area contributed by atoms with Crippen molar-refractivity contribution in [3.8, 4) is 5.75 Å². The molecule has 0 aliphatic carbocycles. The van der Waals surface area contributed by atoms with Crippen LogP contribution in [0.2, 0.25) is 0 Å².